The Balaban J connectivity index is 1.85. The molecular formula is C17H26N2O3S. The zero-order valence-corrected chi connectivity index (χ0v) is 14.8. The number of methoxy groups -OCH3 is 1. The fraction of sp³-hybridized carbons (Fsp3) is 0.647. The number of hydrogen-bond acceptors (Lipinski definition) is 3. The molecule has 1 aromatic rings. The molecule has 2 aliphatic heterocycles. The molecule has 2 atom stereocenters. The van der Waals surface area contributed by atoms with Crippen molar-refractivity contribution in [2.24, 2.45) is 5.92 Å². The van der Waals surface area contributed by atoms with Gasteiger partial charge in [-0.2, -0.15) is 17.0 Å². The number of ether oxygens (including phenoxy) is 1. The Kier molecular flexibility index (Phi) is 4.94. The molecule has 0 N–H and O–H groups in total. The average molecular weight is 338 g/mol. The van der Waals surface area contributed by atoms with Gasteiger partial charge in [0.25, 0.3) is 10.2 Å². The number of hydrogen-bond donors (Lipinski definition) is 0. The van der Waals surface area contributed by atoms with Gasteiger partial charge in [0.05, 0.1) is 13.2 Å². The van der Waals surface area contributed by atoms with E-state index in [4.69, 9.17) is 4.74 Å². The van der Waals surface area contributed by atoms with Crippen LogP contribution in [-0.4, -0.2) is 43.8 Å². The molecule has 0 aromatic heterocycles. The smallest absolute Gasteiger partial charge is 0.282 e. The zero-order valence-electron chi connectivity index (χ0n) is 13.9. The molecule has 0 radical (unpaired) electrons. The van der Waals surface area contributed by atoms with E-state index in [2.05, 4.69) is 6.92 Å². The Bertz CT molecular complexity index is 647. The summed E-state index contributed by atoms with van der Waals surface area (Å²) in [7, 11) is -1.75. The second kappa shape index (κ2) is 6.79. The van der Waals surface area contributed by atoms with E-state index in [1.54, 1.807) is 15.7 Å². The SMILES string of the molecule is COc1cccc([C@H]2CCCN2S(=O)(=O)N2CCC[C@@H](C)C2)c1. The lowest BCUT2D eigenvalue weighted by Gasteiger charge is -2.35. The van der Waals surface area contributed by atoms with Crippen LogP contribution >= 0.6 is 0 Å². The number of nitrogens with zero attached hydrogens (tertiary/aromatic N) is 2. The summed E-state index contributed by atoms with van der Waals surface area (Å²) in [4.78, 5) is 0. The summed E-state index contributed by atoms with van der Waals surface area (Å²) in [5.41, 5.74) is 1.02. The molecule has 23 heavy (non-hydrogen) atoms. The molecule has 2 saturated heterocycles. The van der Waals surface area contributed by atoms with Gasteiger partial charge in [0.1, 0.15) is 5.75 Å². The largest absolute Gasteiger partial charge is 0.497 e. The standard InChI is InChI=1S/C17H26N2O3S/c1-14-6-4-10-18(13-14)23(20,21)19-11-5-9-17(19)15-7-3-8-16(12-15)22-2/h3,7-8,12,14,17H,4-6,9-11,13H2,1-2H3/t14-,17-/m1/s1. The van der Waals surface area contributed by atoms with Gasteiger partial charge >= 0.3 is 0 Å². The highest BCUT2D eigenvalue weighted by Crippen LogP contribution is 2.37. The maximum absolute atomic E-state index is 13.1. The third-order valence-electron chi connectivity index (χ3n) is 4.92. The van der Waals surface area contributed by atoms with Crippen molar-refractivity contribution in [2.45, 2.75) is 38.6 Å². The van der Waals surface area contributed by atoms with Crippen LogP contribution < -0.4 is 4.74 Å². The summed E-state index contributed by atoms with van der Waals surface area (Å²) >= 11 is 0. The number of piperidine rings is 1. The highest BCUT2D eigenvalue weighted by molar-refractivity contribution is 7.86. The van der Waals surface area contributed by atoms with Gasteiger partial charge in [0, 0.05) is 19.6 Å². The Hall–Kier alpha value is -1.11. The quantitative estimate of drug-likeness (QED) is 0.848. The van der Waals surface area contributed by atoms with Gasteiger partial charge in [-0.05, 0) is 49.3 Å². The molecule has 0 amide bonds. The third-order valence-corrected chi connectivity index (χ3v) is 6.94. The van der Waals surface area contributed by atoms with Crippen molar-refractivity contribution in [2.75, 3.05) is 26.7 Å². The predicted molar refractivity (Wildman–Crippen MR) is 90.6 cm³/mol. The fourth-order valence-electron chi connectivity index (χ4n) is 3.70. The summed E-state index contributed by atoms with van der Waals surface area (Å²) in [6.07, 6.45) is 3.85. The number of rotatable bonds is 4. The van der Waals surface area contributed by atoms with Crippen molar-refractivity contribution in [1.29, 1.82) is 0 Å². The predicted octanol–water partition coefficient (Wildman–Crippen LogP) is 2.81. The molecule has 0 bridgehead atoms. The first-order chi connectivity index (χ1) is 11.0. The highest BCUT2D eigenvalue weighted by Gasteiger charge is 2.39. The van der Waals surface area contributed by atoms with E-state index < -0.39 is 10.2 Å². The molecular weight excluding hydrogens is 312 g/mol. The van der Waals surface area contributed by atoms with E-state index >= 15 is 0 Å². The van der Waals surface area contributed by atoms with E-state index in [0.717, 1.165) is 37.0 Å². The molecule has 2 aliphatic rings. The van der Waals surface area contributed by atoms with Crippen molar-refractivity contribution in [3.63, 3.8) is 0 Å². The van der Waals surface area contributed by atoms with Gasteiger partial charge < -0.3 is 4.74 Å². The monoisotopic (exact) mass is 338 g/mol. The van der Waals surface area contributed by atoms with E-state index in [-0.39, 0.29) is 6.04 Å². The Morgan fingerprint density at radius 3 is 2.70 bits per heavy atom. The maximum atomic E-state index is 13.1. The van der Waals surface area contributed by atoms with Crippen molar-refractivity contribution in [1.82, 2.24) is 8.61 Å². The van der Waals surface area contributed by atoms with E-state index in [1.807, 2.05) is 24.3 Å². The third kappa shape index (κ3) is 3.39. The van der Waals surface area contributed by atoms with E-state index in [9.17, 15) is 8.42 Å². The molecule has 6 heteroatoms. The summed E-state index contributed by atoms with van der Waals surface area (Å²) < 4.78 is 34.8. The van der Waals surface area contributed by atoms with Crippen molar-refractivity contribution in [3.05, 3.63) is 29.8 Å². The molecule has 1 aromatic carbocycles. The van der Waals surface area contributed by atoms with Crippen LogP contribution in [0.4, 0.5) is 0 Å². The first kappa shape index (κ1) is 16.7. The van der Waals surface area contributed by atoms with Crippen molar-refractivity contribution < 1.29 is 13.2 Å². The minimum atomic E-state index is -3.39. The van der Waals surface area contributed by atoms with Crippen molar-refractivity contribution >= 4 is 10.2 Å². The summed E-state index contributed by atoms with van der Waals surface area (Å²) in [5.74, 6) is 1.22. The lowest BCUT2D eigenvalue weighted by atomic mass is 10.0. The minimum absolute atomic E-state index is 0.0765. The van der Waals surface area contributed by atoms with Crippen LogP contribution in [0.15, 0.2) is 24.3 Å². The van der Waals surface area contributed by atoms with Crippen LogP contribution in [-0.2, 0) is 10.2 Å². The van der Waals surface area contributed by atoms with Crippen LogP contribution in [0.25, 0.3) is 0 Å². The number of benzene rings is 1. The molecule has 0 aliphatic carbocycles. The lowest BCUT2D eigenvalue weighted by Crippen LogP contribution is -2.47. The topological polar surface area (TPSA) is 49.9 Å². The highest BCUT2D eigenvalue weighted by atomic mass is 32.2. The molecule has 0 saturated carbocycles. The normalized spacial score (nSPS) is 27.2. The van der Waals surface area contributed by atoms with Gasteiger partial charge in [-0.1, -0.05) is 19.1 Å². The minimum Gasteiger partial charge on any atom is -0.497 e. The maximum Gasteiger partial charge on any atom is 0.282 e. The van der Waals surface area contributed by atoms with Gasteiger partial charge in [-0.3, -0.25) is 0 Å². The van der Waals surface area contributed by atoms with Gasteiger partial charge in [0.15, 0.2) is 0 Å². The van der Waals surface area contributed by atoms with Crippen molar-refractivity contribution in [3.8, 4) is 5.75 Å². The van der Waals surface area contributed by atoms with Crippen LogP contribution in [0.5, 0.6) is 5.75 Å². The van der Waals surface area contributed by atoms with Gasteiger partial charge in [-0.15, -0.1) is 0 Å². The zero-order chi connectivity index (χ0) is 16.4. The first-order valence-electron chi connectivity index (χ1n) is 8.43. The summed E-state index contributed by atoms with van der Waals surface area (Å²) in [6.45, 7) is 4.03. The first-order valence-corrected chi connectivity index (χ1v) is 9.83. The second-order valence-electron chi connectivity index (χ2n) is 6.66. The van der Waals surface area contributed by atoms with E-state index in [1.165, 1.54) is 0 Å². The fourth-order valence-corrected chi connectivity index (χ4v) is 5.71. The lowest BCUT2D eigenvalue weighted by molar-refractivity contribution is 0.254. The van der Waals surface area contributed by atoms with Crippen LogP contribution in [0.2, 0.25) is 0 Å². The van der Waals surface area contributed by atoms with Gasteiger partial charge in [0.2, 0.25) is 0 Å². The Morgan fingerprint density at radius 1 is 1.17 bits per heavy atom. The summed E-state index contributed by atoms with van der Waals surface area (Å²) in [6, 6.07) is 7.70. The molecule has 5 nitrogen and oxygen atoms in total. The molecule has 2 fully saturated rings. The van der Waals surface area contributed by atoms with E-state index in [0.29, 0.717) is 25.6 Å². The van der Waals surface area contributed by atoms with Crippen LogP contribution in [0.1, 0.15) is 44.2 Å². The van der Waals surface area contributed by atoms with Crippen LogP contribution in [0, 0.1) is 5.92 Å². The Labute approximate surface area is 139 Å². The van der Waals surface area contributed by atoms with Crippen LogP contribution in [0.3, 0.4) is 0 Å². The molecule has 3 rings (SSSR count). The average Bonchev–Trinajstić information content (AvgIpc) is 3.05. The molecule has 0 spiro atoms. The second-order valence-corrected chi connectivity index (χ2v) is 8.54. The molecule has 0 unspecified atom stereocenters. The summed E-state index contributed by atoms with van der Waals surface area (Å²) in [5, 5.41) is 0. The molecule has 128 valence electrons. The van der Waals surface area contributed by atoms with Gasteiger partial charge in [-0.25, -0.2) is 0 Å². The Morgan fingerprint density at radius 2 is 1.96 bits per heavy atom. The molecule has 2 heterocycles.